The van der Waals surface area contributed by atoms with E-state index in [1.54, 1.807) is 60.6 Å². The third-order valence-corrected chi connectivity index (χ3v) is 4.95. The number of anilines is 1. The molecule has 0 aliphatic rings. The van der Waals surface area contributed by atoms with Gasteiger partial charge in [0, 0.05) is 19.5 Å². The lowest BCUT2D eigenvalue weighted by Crippen LogP contribution is -2.13. The quantitative estimate of drug-likeness (QED) is 0.614. The van der Waals surface area contributed by atoms with Crippen molar-refractivity contribution in [2.24, 2.45) is 0 Å². The van der Waals surface area contributed by atoms with Gasteiger partial charge in [0.05, 0.1) is 22.9 Å². The first-order chi connectivity index (χ1) is 12.6. The van der Waals surface area contributed by atoms with E-state index in [4.69, 9.17) is 9.47 Å². The van der Waals surface area contributed by atoms with Crippen LogP contribution in [0.2, 0.25) is 0 Å². The molecule has 0 unspecified atom stereocenters. The van der Waals surface area contributed by atoms with Crippen molar-refractivity contribution >= 4 is 15.7 Å². The SMILES string of the molecule is COCCOc1ccc(S(=O)(=O)Nc2cccc(-n3cccn3)c2)cc1. The molecule has 1 aromatic heterocycles. The molecule has 0 radical (unpaired) electrons. The fourth-order valence-electron chi connectivity index (χ4n) is 2.31. The Labute approximate surface area is 152 Å². The number of hydrogen-bond donors (Lipinski definition) is 1. The molecule has 136 valence electrons. The predicted octanol–water partition coefficient (Wildman–Crippen LogP) is 2.70. The van der Waals surface area contributed by atoms with Crippen molar-refractivity contribution < 1.29 is 17.9 Å². The van der Waals surface area contributed by atoms with Gasteiger partial charge in [0.15, 0.2) is 0 Å². The molecule has 2 aromatic carbocycles. The first kappa shape index (κ1) is 18.0. The molecule has 1 N–H and O–H groups in total. The predicted molar refractivity (Wildman–Crippen MR) is 98.2 cm³/mol. The van der Waals surface area contributed by atoms with Crippen LogP contribution in [-0.4, -0.2) is 38.5 Å². The number of nitrogens with one attached hydrogen (secondary N) is 1. The average Bonchev–Trinajstić information content (AvgIpc) is 3.17. The molecule has 0 bridgehead atoms. The van der Waals surface area contributed by atoms with Crippen molar-refractivity contribution in [3.63, 3.8) is 0 Å². The number of rotatable bonds is 8. The third kappa shape index (κ3) is 4.41. The van der Waals surface area contributed by atoms with Gasteiger partial charge in [-0.3, -0.25) is 4.72 Å². The molecule has 0 aliphatic heterocycles. The van der Waals surface area contributed by atoms with Gasteiger partial charge in [0.2, 0.25) is 0 Å². The Bertz CT molecular complexity index is 939. The smallest absolute Gasteiger partial charge is 0.261 e. The molecule has 3 aromatic rings. The van der Waals surface area contributed by atoms with Gasteiger partial charge < -0.3 is 9.47 Å². The van der Waals surface area contributed by atoms with Gasteiger partial charge in [0.25, 0.3) is 10.0 Å². The van der Waals surface area contributed by atoms with E-state index in [0.29, 0.717) is 24.7 Å². The Balaban J connectivity index is 1.73. The van der Waals surface area contributed by atoms with Crippen molar-refractivity contribution in [2.45, 2.75) is 4.90 Å². The summed E-state index contributed by atoms with van der Waals surface area (Å²) in [4.78, 5) is 0.154. The summed E-state index contributed by atoms with van der Waals surface area (Å²) in [5.41, 5.74) is 1.22. The number of ether oxygens (including phenoxy) is 2. The van der Waals surface area contributed by atoms with Crippen LogP contribution < -0.4 is 9.46 Å². The lowest BCUT2D eigenvalue weighted by molar-refractivity contribution is 0.146. The molecule has 0 amide bonds. The minimum atomic E-state index is -3.70. The fraction of sp³-hybridized carbons (Fsp3) is 0.167. The van der Waals surface area contributed by atoms with Gasteiger partial charge in [-0.2, -0.15) is 5.10 Å². The van der Waals surface area contributed by atoms with Crippen LogP contribution in [0.15, 0.2) is 71.9 Å². The Morgan fingerprint density at radius 1 is 1.08 bits per heavy atom. The molecule has 3 rings (SSSR count). The Hall–Kier alpha value is -2.84. The first-order valence-electron chi connectivity index (χ1n) is 7.93. The summed E-state index contributed by atoms with van der Waals surface area (Å²) in [7, 11) is -2.11. The van der Waals surface area contributed by atoms with Crippen molar-refractivity contribution in [3.05, 3.63) is 67.0 Å². The second-order valence-corrected chi connectivity index (χ2v) is 7.10. The molecule has 7 nitrogen and oxygen atoms in total. The Kier molecular flexibility index (Phi) is 5.55. The van der Waals surface area contributed by atoms with E-state index in [1.165, 1.54) is 12.1 Å². The van der Waals surface area contributed by atoms with E-state index in [-0.39, 0.29) is 4.90 Å². The zero-order valence-electron chi connectivity index (χ0n) is 14.2. The van der Waals surface area contributed by atoms with Crippen LogP contribution in [0.25, 0.3) is 5.69 Å². The van der Waals surface area contributed by atoms with Crippen molar-refractivity contribution in [2.75, 3.05) is 25.0 Å². The summed E-state index contributed by atoms with van der Waals surface area (Å²) < 4.78 is 39.7. The van der Waals surface area contributed by atoms with Crippen LogP contribution in [0, 0.1) is 0 Å². The summed E-state index contributed by atoms with van der Waals surface area (Å²) in [5, 5.41) is 4.14. The maximum Gasteiger partial charge on any atom is 0.261 e. The van der Waals surface area contributed by atoms with Crippen molar-refractivity contribution in [1.82, 2.24) is 9.78 Å². The lowest BCUT2D eigenvalue weighted by atomic mass is 10.3. The summed E-state index contributed by atoms with van der Waals surface area (Å²) in [6, 6.07) is 15.0. The maximum atomic E-state index is 12.6. The monoisotopic (exact) mass is 373 g/mol. The maximum absolute atomic E-state index is 12.6. The minimum absolute atomic E-state index is 0.154. The molecular weight excluding hydrogens is 354 g/mol. The highest BCUT2D eigenvalue weighted by atomic mass is 32.2. The first-order valence-corrected chi connectivity index (χ1v) is 9.41. The van der Waals surface area contributed by atoms with E-state index in [9.17, 15) is 8.42 Å². The number of methoxy groups -OCH3 is 1. The molecule has 1 heterocycles. The van der Waals surface area contributed by atoms with Crippen molar-refractivity contribution in [3.8, 4) is 11.4 Å². The van der Waals surface area contributed by atoms with Crippen LogP contribution >= 0.6 is 0 Å². The van der Waals surface area contributed by atoms with Crippen LogP contribution in [0.1, 0.15) is 0 Å². The fourth-order valence-corrected chi connectivity index (χ4v) is 3.35. The standard InChI is InChI=1S/C18H19N3O4S/c1-24-12-13-25-17-6-8-18(9-7-17)26(22,23)20-15-4-2-5-16(14-15)21-11-3-10-19-21/h2-11,14,20H,12-13H2,1H3. The highest BCUT2D eigenvalue weighted by Crippen LogP contribution is 2.21. The molecule has 0 saturated heterocycles. The van der Waals surface area contributed by atoms with Crippen molar-refractivity contribution in [1.29, 1.82) is 0 Å². The number of nitrogens with zero attached hydrogens (tertiary/aromatic N) is 2. The normalized spacial score (nSPS) is 11.3. The molecule has 0 saturated carbocycles. The van der Waals surface area contributed by atoms with Gasteiger partial charge in [-0.05, 0) is 48.5 Å². The topological polar surface area (TPSA) is 82.5 Å². The Morgan fingerprint density at radius 3 is 2.58 bits per heavy atom. The lowest BCUT2D eigenvalue weighted by Gasteiger charge is -2.11. The van der Waals surface area contributed by atoms with Crippen LogP contribution in [0.4, 0.5) is 5.69 Å². The summed E-state index contributed by atoms with van der Waals surface area (Å²) >= 11 is 0. The molecular formula is C18H19N3O4S. The molecule has 0 spiro atoms. The van der Waals surface area contributed by atoms with Gasteiger partial charge in [0.1, 0.15) is 12.4 Å². The van der Waals surface area contributed by atoms with E-state index in [0.717, 1.165) is 5.69 Å². The van der Waals surface area contributed by atoms with E-state index < -0.39 is 10.0 Å². The largest absolute Gasteiger partial charge is 0.491 e. The van der Waals surface area contributed by atoms with Crippen LogP contribution in [0.3, 0.4) is 0 Å². The summed E-state index contributed by atoms with van der Waals surface area (Å²) in [6.45, 7) is 0.870. The van der Waals surface area contributed by atoms with Crippen LogP contribution in [-0.2, 0) is 14.8 Å². The zero-order chi connectivity index (χ0) is 18.4. The molecule has 0 atom stereocenters. The second kappa shape index (κ2) is 8.03. The van der Waals surface area contributed by atoms with E-state index in [2.05, 4.69) is 9.82 Å². The molecule has 0 aliphatic carbocycles. The van der Waals surface area contributed by atoms with Gasteiger partial charge >= 0.3 is 0 Å². The number of hydrogen-bond acceptors (Lipinski definition) is 5. The highest BCUT2D eigenvalue weighted by molar-refractivity contribution is 7.92. The number of benzene rings is 2. The zero-order valence-corrected chi connectivity index (χ0v) is 15.0. The third-order valence-electron chi connectivity index (χ3n) is 3.56. The number of aromatic nitrogens is 2. The second-order valence-electron chi connectivity index (χ2n) is 5.42. The molecule has 26 heavy (non-hydrogen) atoms. The summed E-state index contributed by atoms with van der Waals surface area (Å²) in [5.74, 6) is 0.585. The number of sulfonamides is 1. The minimum Gasteiger partial charge on any atom is -0.491 e. The van der Waals surface area contributed by atoms with E-state index >= 15 is 0 Å². The highest BCUT2D eigenvalue weighted by Gasteiger charge is 2.14. The van der Waals surface area contributed by atoms with Gasteiger partial charge in [-0.1, -0.05) is 6.07 Å². The van der Waals surface area contributed by atoms with Crippen LogP contribution in [0.5, 0.6) is 5.75 Å². The van der Waals surface area contributed by atoms with E-state index in [1.807, 2.05) is 6.07 Å². The Morgan fingerprint density at radius 2 is 1.88 bits per heavy atom. The molecule has 0 fully saturated rings. The van der Waals surface area contributed by atoms with Gasteiger partial charge in [-0.15, -0.1) is 0 Å². The summed E-state index contributed by atoms with van der Waals surface area (Å²) in [6.07, 6.45) is 3.45. The average molecular weight is 373 g/mol. The van der Waals surface area contributed by atoms with Gasteiger partial charge in [-0.25, -0.2) is 13.1 Å². The molecule has 8 heteroatoms.